The summed E-state index contributed by atoms with van der Waals surface area (Å²) < 4.78 is 5.13. The predicted octanol–water partition coefficient (Wildman–Crippen LogP) is 4.19. The maximum Gasteiger partial charge on any atom is 0.120 e. The summed E-state index contributed by atoms with van der Waals surface area (Å²) in [6.07, 6.45) is 0.492. The minimum atomic E-state index is -0.515. The molecule has 0 bridgehead atoms. The van der Waals surface area contributed by atoms with Crippen LogP contribution in [0, 0.1) is 5.92 Å². The molecule has 104 valence electrons. The summed E-state index contributed by atoms with van der Waals surface area (Å²) in [6, 6.07) is 15.8. The number of methoxy groups -OCH3 is 1. The quantitative estimate of drug-likeness (QED) is 0.914. The van der Waals surface area contributed by atoms with Crippen molar-refractivity contribution in [3.05, 3.63) is 64.7 Å². The molecule has 1 fully saturated rings. The lowest BCUT2D eigenvalue weighted by atomic mass is 10.0. The van der Waals surface area contributed by atoms with Crippen LogP contribution in [0.25, 0.3) is 0 Å². The molecule has 0 radical (unpaired) electrons. The van der Waals surface area contributed by atoms with Crippen LogP contribution in [0.5, 0.6) is 5.75 Å². The lowest BCUT2D eigenvalue weighted by molar-refractivity contribution is 0.151. The SMILES string of the molecule is COc1ccc(C(O)C2CC2c2ccccc2)c(Cl)c1. The van der Waals surface area contributed by atoms with Gasteiger partial charge in [-0.15, -0.1) is 0 Å². The van der Waals surface area contributed by atoms with Gasteiger partial charge in [0.15, 0.2) is 0 Å². The van der Waals surface area contributed by atoms with Crippen LogP contribution in [0.3, 0.4) is 0 Å². The fourth-order valence-electron chi connectivity index (χ4n) is 2.75. The Balaban J connectivity index is 1.76. The van der Waals surface area contributed by atoms with Crippen molar-refractivity contribution in [3.63, 3.8) is 0 Å². The molecule has 3 atom stereocenters. The summed E-state index contributed by atoms with van der Waals surface area (Å²) in [4.78, 5) is 0. The normalized spacial score (nSPS) is 22.4. The second-order valence-electron chi connectivity index (χ2n) is 5.25. The second kappa shape index (κ2) is 5.47. The van der Waals surface area contributed by atoms with E-state index in [1.54, 1.807) is 13.2 Å². The van der Waals surface area contributed by atoms with Gasteiger partial charge in [-0.3, -0.25) is 0 Å². The van der Waals surface area contributed by atoms with E-state index in [9.17, 15) is 5.11 Å². The van der Waals surface area contributed by atoms with E-state index in [-0.39, 0.29) is 5.92 Å². The maximum atomic E-state index is 10.5. The standard InChI is InChI=1S/C17H17ClO2/c1-20-12-7-8-13(16(18)9-12)17(19)15-10-14(15)11-5-3-2-4-6-11/h2-9,14-15,17,19H,10H2,1H3. The number of aliphatic hydroxyl groups excluding tert-OH is 1. The number of ether oxygens (including phenoxy) is 1. The highest BCUT2D eigenvalue weighted by atomic mass is 35.5. The Morgan fingerprint density at radius 2 is 1.95 bits per heavy atom. The molecule has 0 spiro atoms. The van der Waals surface area contributed by atoms with Crippen molar-refractivity contribution >= 4 is 11.6 Å². The van der Waals surface area contributed by atoms with E-state index in [1.807, 2.05) is 30.3 Å². The summed E-state index contributed by atoms with van der Waals surface area (Å²) in [6.45, 7) is 0. The molecule has 1 saturated carbocycles. The summed E-state index contributed by atoms with van der Waals surface area (Å²) >= 11 is 6.23. The van der Waals surface area contributed by atoms with E-state index in [4.69, 9.17) is 16.3 Å². The summed E-state index contributed by atoms with van der Waals surface area (Å²) in [5.74, 6) is 1.40. The van der Waals surface area contributed by atoms with Crippen molar-refractivity contribution in [3.8, 4) is 5.75 Å². The van der Waals surface area contributed by atoms with Gasteiger partial charge in [0.1, 0.15) is 5.75 Å². The number of aliphatic hydroxyl groups is 1. The third-order valence-corrected chi connectivity index (χ3v) is 4.33. The van der Waals surface area contributed by atoms with Gasteiger partial charge < -0.3 is 9.84 Å². The van der Waals surface area contributed by atoms with E-state index in [0.29, 0.717) is 16.7 Å². The number of rotatable bonds is 4. The second-order valence-corrected chi connectivity index (χ2v) is 5.66. The molecule has 0 saturated heterocycles. The molecule has 0 aliphatic heterocycles. The minimum absolute atomic E-state index is 0.253. The molecule has 0 aromatic heterocycles. The maximum absolute atomic E-state index is 10.5. The molecule has 2 nitrogen and oxygen atoms in total. The van der Waals surface area contributed by atoms with Crippen molar-refractivity contribution in [1.29, 1.82) is 0 Å². The largest absolute Gasteiger partial charge is 0.497 e. The Morgan fingerprint density at radius 1 is 1.20 bits per heavy atom. The van der Waals surface area contributed by atoms with E-state index < -0.39 is 6.10 Å². The fourth-order valence-corrected chi connectivity index (χ4v) is 3.03. The molecule has 0 amide bonds. The summed E-state index contributed by atoms with van der Waals surface area (Å²) in [7, 11) is 1.61. The first-order valence-electron chi connectivity index (χ1n) is 6.77. The Kier molecular flexibility index (Phi) is 3.68. The lowest BCUT2D eigenvalue weighted by Crippen LogP contribution is -2.02. The first-order chi connectivity index (χ1) is 9.70. The van der Waals surface area contributed by atoms with Crippen molar-refractivity contribution in [1.82, 2.24) is 0 Å². The highest BCUT2D eigenvalue weighted by molar-refractivity contribution is 6.31. The van der Waals surface area contributed by atoms with E-state index in [0.717, 1.165) is 12.0 Å². The minimum Gasteiger partial charge on any atom is -0.497 e. The first-order valence-corrected chi connectivity index (χ1v) is 7.15. The fraction of sp³-hybridized carbons (Fsp3) is 0.294. The average molecular weight is 289 g/mol. The van der Waals surface area contributed by atoms with Gasteiger partial charge in [0.05, 0.1) is 18.2 Å². The number of hydrogen-bond donors (Lipinski definition) is 1. The van der Waals surface area contributed by atoms with Crippen LogP contribution >= 0.6 is 11.6 Å². The van der Waals surface area contributed by atoms with Gasteiger partial charge >= 0.3 is 0 Å². The molecular formula is C17H17ClO2. The monoisotopic (exact) mass is 288 g/mol. The summed E-state index contributed by atoms with van der Waals surface area (Å²) in [5, 5.41) is 11.1. The van der Waals surface area contributed by atoms with Crippen LogP contribution in [0.2, 0.25) is 5.02 Å². The van der Waals surface area contributed by atoms with Crippen LogP contribution in [0.4, 0.5) is 0 Å². The Labute approximate surface area is 124 Å². The van der Waals surface area contributed by atoms with Gasteiger partial charge in [-0.25, -0.2) is 0 Å². The number of benzene rings is 2. The van der Waals surface area contributed by atoms with Gasteiger partial charge in [0.2, 0.25) is 0 Å². The van der Waals surface area contributed by atoms with Gasteiger partial charge in [-0.2, -0.15) is 0 Å². The highest BCUT2D eigenvalue weighted by Crippen LogP contribution is 2.54. The molecule has 1 N–H and O–H groups in total. The smallest absolute Gasteiger partial charge is 0.120 e. The lowest BCUT2D eigenvalue weighted by Gasteiger charge is -2.13. The molecule has 3 unspecified atom stereocenters. The van der Waals surface area contributed by atoms with Crippen LogP contribution in [0.15, 0.2) is 48.5 Å². The van der Waals surface area contributed by atoms with E-state index >= 15 is 0 Å². The zero-order valence-electron chi connectivity index (χ0n) is 11.3. The van der Waals surface area contributed by atoms with Crippen molar-refractivity contribution in [2.45, 2.75) is 18.4 Å². The molecule has 3 heteroatoms. The van der Waals surface area contributed by atoms with Gasteiger partial charge in [-0.1, -0.05) is 48.0 Å². The van der Waals surface area contributed by atoms with Gasteiger partial charge in [0.25, 0.3) is 0 Å². The molecular weight excluding hydrogens is 272 g/mol. The van der Waals surface area contributed by atoms with Gasteiger partial charge in [-0.05, 0) is 41.5 Å². The first kappa shape index (κ1) is 13.5. The van der Waals surface area contributed by atoms with Crippen molar-refractivity contribution in [2.75, 3.05) is 7.11 Å². The van der Waals surface area contributed by atoms with Crippen LogP contribution in [-0.4, -0.2) is 12.2 Å². The van der Waals surface area contributed by atoms with Crippen LogP contribution in [0.1, 0.15) is 29.6 Å². The molecule has 20 heavy (non-hydrogen) atoms. The number of halogens is 1. The molecule has 2 aromatic rings. The molecule has 1 aliphatic rings. The van der Waals surface area contributed by atoms with Gasteiger partial charge in [0, 0.05) is 0 Å². The van der Waals surface area contributed by atoms with Crippen LogP contribution in [-0.2, 0) is 0 Å². The Bertz CT molecular complexity index is 597. The van der Waals surface area contributed by atoms with E-state index in [2.05, 4.69) is 12.1 Å². The Hall–Kier alpha value is -1.51. The topological polar surface area (TPSA) is 29.5 Å². The van der Waals surface area contributed by atoms with E-state index in [1.165, 1.54) is 5.56 Å². The predicted molar refractivity (Wildman–Crippen MR) is 80.3 cm³/mol. The van der Waals surface area contributed by atoms with Crippen molar-refractivity contribution < 1.29 is 9.84 Å². The third-order valence-electron chi connectivity index (χ3n) is 4.00. The zero-order valence-corrected chi connectivity index (χ0v) is 12.0. The van der Waals surface area contributed by atoms with Crippen molar-refractivity contribution in [2.24, 2.45) is 5.92 Å². The number of hydrogen-bond acceptors (Lipinski definition) is 2. The molecule has 3 rings (SSSR count). The average Bonchev–Trinajstić information content (AvgIpc) is 3.28. The molecule has 1 aliphatic carbocycles. The molecule has 0 heterocycles. The molecule has 2 aromatic carbocycles. The third kappa shape index (κ3) is 2.54. The highest BCUT2D eigenvalue weighted by Gasteiger charge is 2.44. The zero-order chi connectivity index (χ0) is 14.1. The van der Waals surface area contributed by atoms with Crippen LogP contribution < -0.4 is 4.74 Å². The summed E-state index contributed by atoms with van der Waals surface area (Å²) in [5.41, 5.74) is 2.08. The Morgan fingerprint density at radius 3 is 2.60 bits per heavy atom.